The maximum Gasteiger partial charge on any atom is 0.229 e. The summed E-state index contributed by atoms with van der Waals surface area (Å²) >= 11 is 0. The topological polar surface area (TPSA) is 98.7 Å². The van der Waals surface area contributed by atoms with Crippen molar-refractivity contribution in [2.24, 2.45) is 0 Å². The predicted octanol–water partition coefficient (Wildman–Crippen LogP) is 0.858. The zero-order valence-electron chi connectivity index (χ0n) is 11.5. The number of aliphatic hydroxyl groups is 1. The van der Waals surface area contributed by atoms with Gasteiger partial charge in [0.1, 0.15) is 5.75 Å². The molecule has 1 atom stereocenters. The van der Waals surface area contributed by atoms with Crippen molar-refractivity contribution in [3.63, 3.8) is 0 Å². The number of nitrogens with one attached hydrogen (secondary N) is 2. The van der Waals surface area contributed by atoms with E-state index in [4.69, 9.17) is 0 Å². The standard InChI is InChI=1S/C13H20N2O4S/c1-8-5-9(12(16)7-14-10-3-4-10)6-11(13(8)17)15-20(2,18)19/h5-6,10,12,14-17H,3-4,7H2,1-2H3. The molecule has 0 aromatic heterocycles. The van der Waals surface area contributed by atoms with Crippen LogP contribution < -0.4 is 10.0 Å². The highest BCUT2D eigenvalue weighted by Crippen LogP contribution is 2.32. The highest BCUT2D eigenvalue weighted by Gasteiger charge is 2.22. The van der Waals surface area contributed by atoms with E-state index in [1.165, 1.54) is 6.07 Å². The van der Waals surface area contributed by atoms with Crippen molar-refractivity contribution in [1.82, 2.24) is 5.32 Å². The van der Waals surface area contributed by atoms with E-state index in [-0.39, 0.29) is 11.4 Å². The Kier molecular flexibility index (Phi) is 4.22. The molecule has 0 heterocycles. The molecule has 112 valence electrons. The number of benzene rings is 1. The lowest BCUT2D eigenvalue weighted by molar-refractivity contribution is 0.174. The minimum Gasteiger partial charge on any atom is -0.505 e. The van der Waals surface area contributed by atoms with Gasteiger partial charge < -0.3 is 15.5 Å². The number of hydrogen-bond acceptors (Lipinski definition) is 5. The van der Waals surface area contributed by atoms with Crippen LogP contribution in [-0.2, 0) is 10.0 Å². The van der Waals surface area contributed by atoms with E-state index in [1.54, 1.807) is 13.0 Å². The third-order valence-corrected chi connectivity index (χ3v) is 3.77. The van der Waals surface area contributed by atoms with Gasteiger partial charge in [-0.3, -0.25) is 4.72 Å². The summed E-state index contributed by atoms with van der Waals surface area (Å²) in [6.45, 7) is 2.07. The lowest BCUT2D eigenvalue weighted by Gasteiger charge is -2.16. The highest BCUT2D eigenvalue weighted by atomic mass is 32.2. The minimum atomic E-state index is -3.48. The zero-order valence-corrected chi connectivity index (χ0v) is 12.4. The fraction of sp³-hybridized carbons (Fsp3) is 0.538. The second kappa shape index (κ2) is 5.59. The van der Waals surface area contributed by atoms with Gasteiger partial charge in [0.2, 0.25) is 10.0 Å². The van der Waals surface area contributed by atoms with Gasteiger partial charge in [0.25, 0.3) is 0 Å². The number of phenolic OH excluding ortho intramolecular Hbond substituents is 1. The normalized spacial score (nSPS) is 16.9. The molecule has 7 heteroatoms. The van der Waals surface area contributed by atoms with Crippen molar-refractivity contribution in [2.45, 2.75) is 31.9 Å². The highest BCUT2D eigenvalue weighted by molar-refractivity contribution is 7.92. The summed E-state index contributed by atoms with van der Waals surface area (Å²) in [4.78, 5) is 0. The Labute approximate surface area is 118 Å². The lowest BCUT2D eigenvalue weighted by atomic mass is 10.0. The van der Waals surface area contributed by atoms with E-state index >= 15 is 0 Å². The number of anilines is 1. The van der Waals surface area contributed by atoms with Crippen LogP contribution in [0.3, 0.4) is 0 Å². The second-order valence-corrected chi connectivity index (χ2v) is 7.05. The molecule has 2 rings (SSSR count). The molecular formula is C13H20N2O4S. The molecule has 6 nitrogen and oxygen atoms in total. The minimum absolute atomic E-state index is 0.0907. The van der Waals surface area contributed by atoms with Gasteiger partial charge in [0, 0.05) is 12.6 Å². The molecule has 20 heavy (non-hydrogen) atoms. The molecule has 4 N–H and O–H groups in total. The van der Waals surface area contributed by atoms with Gasteiger partial charge >= 0.3 is 0 Å². The SMILES string of the molecule is Cc1cc(C(O)CNC2CC2)cc(NS(C)(=O)=O)c1O. The zero-order chi connectivity index (χ0) is 14.9. The van der Waals surface area contributed by atoms with Gasteiger partial charge in [-0.05, 0) is 43.0 Å². The Bertz CT molecular complexity index is 597. The van der Waals surface area contributed by atoms with Crippen LogP contribution >= 0.6 is 0 Å². The third-order valence-electron chi connectivity index (χ3n) is 3.18. The fourth-order valence-electron chi connectivity index (χ4n) is 1.96. The van der Waals surface area contributed by atoms with Gasteiger partial charge in [-0.1, -0.05) is 0 Å². The third kappa shape index (κ3) is 4.09. The average molecular weight is 300 g/mol. The van der Waals surface area contributed by atoms with Gasteiger partial charge in [-0.25, -0.2) is 8.42 Å². The summed E-state index contributed by atoms with van der Waals surface area (Å²) in [6, 6.07) is 3.60. The van der Waals surface area contributed by atoms with E-state index in [0.717, 1.165) is 19.1 Å². The number of aryl methyl sites for hydroxylation is 1. The predicted molar refractivity (Wildman–Crippen MR) is 77.3 cm³/mol. The first kappa shape index (κ1) is 15.1. The first-order chi connectivity index (χ1) is 9.26. The Morgan fingerprint density at radius 1 is 1.40 bits per heavy atom. The molecule has 1 fully saturated rings. The molecule has 0 radical (unpaired) electrons. The van der Waals surface area contributed by atoms with Crippen LogP contribution in [0.2, 0.25) is 0 Å². The van der Waals surface area contributed by atoms with E-state index < -0.39 is 16.1 Å². The van der Waals surface area contributed by atoms with Crippen LogP contribution in [0.15, 0.2) is 12.1 Å². The summed E-state index contributed by atoms with van der Waals surface area (Å²) in [5.74, 6) is -0.124. The first-order valence-corrected chi connectivity index (χ1v) is 8.38. The molecule has 0 bridgehead atoms. The van der Waals surface area contributed by atoms with Gasteiger partial charge in [-0.2, -0.15) is 0 Å². The Morgan fingerprint density at radius 3 is 2.60 bits per heavy atom. The maximum absolute atomic E-state index is 11.3. The molecule has 1 aromatic rings. The molecule has 1 aromatic carbocycles. The van der Waals surface area contributed by atoms with E-state index in [0.29, 0.717) is 23.7 Å². The van der Waals surface area contributed by atoms with Gasteiger partial charge in [0.15, 0.2) is 0 Å². The van der Waals surface area contributed by atoms with Crippen molar-refractivity contribution in [1.29, 1.82) is 0 Å². The number of sulfonamides is 1. The number of aliphatic hydroxyl groups excluding tert-OH is 1. The largest absolute Gasteiger partial charge is 0.505 e. The molecule has 1 aliphatic carbocycles. The lowest BCUT2D eigenvalue weighted by Crippen LogP contribution is -2.23. The Hall–Kier alpha value is -1.31. The number of aromatic hydroxyl groups is 1. The van der Waals surface area contributed by atoms with Crippen LogP contribution in [0.25, 0.3) is 0 Å². The van der Waals surface area contributed by atoms with Crippen molar-refractivity contribution in [3.05, 3.63) is 23.3 Å². The van der Waals surface area contributed by atoms with Crippen LogP contribution in [0.1, 0.15) is 30.1 Å². The van der Waals surface area contributed by atoms with Crippen LogP contribution in [0.5, 0.6) is 5.75 Å². The molecule has 0 aliphatic heterocycles. The van der Waals surface area contributed by atoms with Crippen molar-refractivity contribution < 1.29 is 18.6 Å². The summed E-state index contributed by atoms with van der Waals surface area (Å²) in [6.07, 6.45) is 2.53. The van der Waals surface area contributed by atoms with Gasteiger partial charge in [0.05, 0.1) is 18.0 Å². The van der Waals surface area contributed by atoms with Crippen molar-refractivity contribution in [3.8, 4) is 5.75 Å². The molecule has 0 spiro atoms. The van der Waals surface area contributed by atoms with E-state index in [2.05, 4.69) is 10.0 Å². The van der Waals surface area contributed by atoms with Crippen LogP contribution in [0, 0.1) is 6.92 Å². The smallest absolute Gasteiger partial charge is 0.229 e. The van der Waals surface area contributed by atoms with Crippen molar-refractivity contribution >= 4 is 15.7 Å². The quantitative estimate of drug-likeness (QED) is 0.584. The summed E-state index contributed by atoms with van der Waals surface area (Å²) in [7, 11) is -3.48. The molecule has 1 saturated carbocycles. The molecule has 0 saturated heterocycles. The van der Waals surface area contributed by atoms with Crippen LogP contribution in [0.4, 0.5) is 5.69 Å². The van der Waals surface area contributed by atoms with Gasteiger partial charge in [-0.15, -0.1) is 0 Å². The molecule has 1 aliphatic rings. The first-order valence-electron chi connectivity index (χ1n) is 6.49. The molecule has 1 unspecified atom stereocenters. The number of rotatable bonds is 6. The number of hydrogen-bond donors (Lipinski definition) is 4. The van der Waals surface area contributed by atoms with E-state index in [1.807, 2.05) is 0 Å². The van der Waals surface area contributed by atoms with E-state index in [9.17, 15) is 18.6 Å². The molecular weight excluding hydrogens is 280 g/mol. The Balaban J connectivity index is 2.19. The summed E-state index contributed by atoms with van der Waals surface area (Å²) < 4.78 is 24.8. The summed E-state index contributed by atoms with van der Waals surface area (Å²) in [5.41, 5.74) is 1.17. The van der Waals surface area contributed by atoms with Crippen LogP contribution in [-0.4, -0.2) is 37.5 Å². The number of phenols is 1. The Morgan fingerprint density at radius 2 is 2.05 bits per heavy atom. The second-order valence-electron chi connectivity index (χ2n) is 5.31. The van der Waals surface area contributed by atoms with Crippen molar-refractivity contribution in [2.75, 3.05) is 17.5 Å². The molecule has 0 amide bonds. The fourth-order valence-corrected chi connectivity index (χ4v) is 2.52. The maximum atomic E-state index is 11.3. The summed E-state index contributed by atoms with van der Waals surface area (Å²) in [5, 5.41) is 23.2. The average Bonchev–Trinajstić information content (AvgIpc) is 3.14. The monoisotopic (exact) mass is 300 g/mol.